The third-order valence-corrected chi connectivity index (χ3v) is 2.28. The quantitative estimate of drug-likeness (QED) is 0.275. The van der Waals surface area contributed by atoms with Crippen LogP contribution < -0.4 is 10.2 Å². The van der Waals surface area contributed by atoms with Gasteiger partial charge < -0.3 is 34.1 Å². The van der Waals surface area contributed by atoms with Crippen molar-refractivity contribution < 1.29 is 56.0 Å². The number of carboxylic acids is 2. The Bertz CT molecular complexity index is 366. The number of nitrogens with zero attached hydrogens (tertiary/aromatic N) is 1. The van der Waals surface area contributed by atoms with Crippen LogP contribution in [0.1, 0.15) is 12.8 Å². The Labute approximate surface area is 127 Å². The molecule has 0 aliphatic rings. The van der Waals surface area contributed by atoms with Crippen molar-refractivity contribution in [2.24, 2.45) is 0 Å². The van der Waals surface area contributed by atoms with E-state index < -0.39 is 36.4 Å². The number of rotatable bonds is 8. The first-order valence-electron chi connectivity index (χ1n) is 5.56. The van der Waals surface area contributed by atoms with Crippen LogP contribution >= 0.6 is 0 Å². The van der Waals surface area contributed by atoms with Crippen LogP contribution in [0, 0.1) is 0 Å². The minimum atomic E-state index is -2.81. The van der Waals surface area contributed by atoms with Crippen LogP contribution in [0.2, 0.25) is 0 Å². The van der Waals surface area contributed by atoms with Crippen molar-refractivity contribution in [1.82, 2.24) is 0 Å². The molecular weight excluding hydrogens is 314 g/mol. The van der Waals surface area contributed by atoms with Crippen molar-refractivity contribution in [3.8, 4) is 0 Å². The van der Waals surface area contributed by atoms with E-state index in [0.717, 1.165) is 0 Å². The van der Waals surface area contributed by atoms with Crippen LogP contribution in [-0.4, -0.2) is 67.4 Å². The summed E-state index contributed by atoms with van der Waals surface area (Å²) in [5, 5.41) is 30.5. The van der Waals surface area contributed by atoms with Crippen LogP contribution in [-0.2, 0) is 36.2 Å². The molecule has 0 bridgehead atoms. The molecule has 1 N–H and O–H groups in total. The van der Waals surface area contributed by atoms with Gasteiger partial charge in [0.25, 0.3) is 0 Å². The number of aliphatic hydroxyl groups is 1. The molecule has 118 valence electrons. The summed E-state index contributed by atoms with van der Waals surface area (Å²) in [4.78, 5) is 32.3. The van der Waals surface area contributed by atoms with Gasteiger partial charge in [0.2, 0.25) is 0 Å². The zero-order valence-corrected chi connectivity index (χ0v) is 12.6. The molecule has 0 amide bonds. The van der Waals surface area contributed by atoms with Gasteiger partial charge in [-0.05, 0) is 0 Å². The maximum absolute atomic E-state index is 11.3. The predicted octanol–water partition coefficient (Wildman–Crippen LogP) is -3.76. The average molecular weight is 332 g/mol. The fourth-order valence-corrected chi connectivity index (χ4v) is 1.17. The topological polar surface area (TPSA) is 127 Å². The molecule has 0 rings (SSSR count). The number of ether oxygens (including phenoxy) is 1. The molecule has 1 unspecified atom stereocenters. The van der Waals surface area contributed by atoms with E-state index in [2.05, 4.69) is 0 Å². The average Bonchev–Trinajstić information content (AvgIpc) is 2.12. The van der Waals surface area contributed by atoms with Gasteiger partial charge in [0.1, 0.15) is 18.8 Å². The van der Waals surface area contributed by atoms with E-state index in [4.69, 9.17) is 4.74 Å². The number of carboxylic acid groups (broad SMARTS) is 2. The molecular formula is C11H18FeNO7-. The molecule has 1 atom stereocenters. The summed E-state index contributed by atoms with van der Waals surface area (Å²) in [6, 6.07) is 0. The second kappa shape index (κ2) is 8.21. The Balaban J connectivity index is 0. The SMILES string of the molecule is C[N+](C)(C)CCOC(=O)CC(O)(CC(=O)[O-])C(=O)[O-].[Fe]. The van der Waals surface area contributed by atoms with Gasteiger partial charge in [-0.25, -0.2) is 0 Å². The number of aliphatic carboxylic acids is 2. The fraction of sp³-hybridized carbons (Fsp3) is 0.727. The van der Waals surface area contributed by atoms with Crippen molar-refractivity contribution in [3.05, 3.63) is 0 Å². The number of likely N-dealkylation sites (N-methyl/N-ethyl adjacent to an activating group) is 1. The van der Waals surface area contributed by atoms with Crippen molar-refractivity contribution in [2.75, 3.05) is 34.3 Å². The molecule has 9 heteroatoms. The number of hydrogen-bond donors (Lipinski definition) is 1. The molecule has 8 nitrogen and oxygen atoms in total. The van der Waals surface area contributed by atoms with Gasteiger partial charge in [-0.3, -0.25) is 4.79 Å². The minimum absolute atomic E-state index is 0. The van der Waals surface area contributed by atoms with Gasteiger partial charge in [-0.1, -0.05) is 0 Å². The minimum Gasteiger partial charge on any atom is -0.550 e. The maximum atomic E-state index is 11.3. The monoisotopic (exact) mass is 332 g/mol. The van der Waals surface area contributed by atoms with Gasteiger partial charge >= 0.3 is 5.97 Å². The molecule has 0 aromatic heterocycles. The van der Waals surface area contributed by atoms with E-state index >= 15 is 0 Å². The summed E-state index contributed by atoms with van der Waals surface area (Å²) in [6.07, 6.45) is -2.24. The molecule has 20 heavy (non-hydrogen) atoms. The smallest absolute Gasteiger partial charge is 0.309 e. The Kier molecular flexibility index (Phi) is 8.68. The van der Waals surface area contributed by atoms with Crippen molar-refractivity contribution in [1.29, 1.82) is 0 Å². The van der Waals surface area contributed by atoms with Crippen LogP contribution in [0.5, 0.6) is 0 Å². The van der Waals surface area contributed by atoms with Crippen LogP contribution in [0.15, 0.2) is 0 Å². The van der Waals surface area contributed by atoms with E-state index in [9.17, 15) is 29.7 Å². The molecule has 0 spiro atoms. The van der Waals surface area contributed by atoms with Crippen molar-refractivity contribution in [3.63, 3.8) is 0 Å². The molecule has 0 saturated carbocycles. The van der Waals surface area contributed by atoms with Gasteiger partial charge in [0, 0.05) is 29.5 Å². The number of carbonyl (C=O) groups excluding carboxylic acids is 3. The van der Waals surface area contributed by atoms with E-state index in [0.29, 0.717) is 11.0 Å². The standard InChI is InChI=1S/C11H19NO7.Fe/c1-12(2,3)4-5-19-9(15)7-11(18,10(16)17)6-8(13)14;/h18H,4-7H2,1-3H3,(H-,13,14,16,17);/p-1. The van der Waals surface area contributed by atoms with E-state index in [-0.39, 0.29) is 23.7 Å². The maximum Gasteiger partial charge on any atom is 0.309 e. The first-order valence-corrected chi connectivity index (χ1v) is 5.56. The summed E-state index contributed by atoms with van der Waals surface area (Å²) >= 11 is 0. The fourth-order valence-electron chi connectivity index (χ4n) is 1.17. The van der Waals surface area contributed by atoms with Crippen LogP contribution in [0.3, 0.4) is 0 Å². The summed E-state index contributed by atoms with van der Waals surface area (Å²) in [6.45, 7) is 0.507. The first-order chi connectivity index (χ1) is 8.46. The Morgan fingerprint density at radius 3 is 2.00 bits per heavy atom. The molecule has 0 heterocycles. The molecule has 0 aliphatic carbocycles. The third kappa shape index (κ3) is 8.87. The molecule has 0 aliphatic heterocycles. The normalized spacial score (nSPS) is 13.8. The number of esters is 1. The summed E-state index contributed by atoms with van der Waals surface area (Å²) in [7, 11) is 5.59. The third-order valence-electron chi connectivity index (χ3n) is 2.28. The second-order valence-electron chi connectivity index (χ2n) is 5.28. The Morgan fingerprint density at radius 1 is 1.15 bits per heavy atom. The van der Waals surface area contributed by atoms with Gasteiger partial charge in [0.05, 0.1) is 33.5 Å². The molecule has 0 fully saturated rings. The number of quaternary nitrogens is 1. The molecule has 0 saturated heterocycles. The zero-order chi connectivity index (χ0) is 15.3. The predicted molar refractivity (Wildman–Crippen MR) is 58.1 cm³/mol. The van der Waals surface area contributed by atoms with Gasteiger partial charge in [-0.15, -0.1) is 0 Å². The van der Waals surface area contributed by atoms with Crippen LogP contribution in [0.4, 0.5) is 0 Å². The number of hydrogen-bond acceptors (Lipinski definition) is 7. The van der Waals surface area contributed by atoms with E-state index in [1.54, 1.807) is 0 Å². The molecule has 0 aromatic carbocycles. The second-order valence-corrected chi connectivity index (χ2v) is 5.28. The first kappa shape index (κ1) is 21.2. The largest absolute Gasteiger partial charge is 0.550 e. The van der Waals surface area contributed by atoms with Crippen molar-refractivity contribution in [2.45, 2.75) is 18.4 Å². The van der Waals surface area contributed by atoms with Crippen molar-refractivity contribution >= 4 is 17.9 Å². The Morgan fingerprint density at radius 2 is 1.65 bits per heavy atom. The van der Waals surface area contributed by atoms with Gasteiger partial charge in [-0.2, -0.15) is 0 Å². The summed E-state index contributed by atoms with van der Waals surface area (Å²) < 4.78 is 5.25. The van der Waals surface area contributed by atoms with Gasteiger partial charge in [0.15, 0.2) is 0 Å². The molecule has 0 radical (unpaired) electrons. The van der Waals surface area contributed by atoms with Crippen LogP contribution in [0.25, 0.3) is 0 Å². The summed E-state index contributed by atoms with van der Waals surface area (Å²) in [5.74, 6) is -4.87. The Hall–Kier alpha value is -1.15. The van der Waals surface area contributed by atoms with E-state index in [1.807, 2.05) is 21.1 Å². The number of carbonyl (C=O) groups is 3. The molecule has 0 aromatic rings. The zero-order valence-electron chi connectivity index (χ0n) is 11.5. The van der Waals surface area contributed by atoms with E-state index in [1.165, 1.54) is 0 Å². The summed E-state index contributed by atoms with van der Waals surface area (Å²) in [5.41, 5.74) is -2.81.